The summed E-state index contributed by atoms with van der Waals surface area (Å²) in [5, 5.41) is 12.6. The van der Waals surface area contributed by atoms with Gasteiger partial charge in [-0.05, 0) is 18.4 Å². The van der Waals surface area contributed by atoms with E-state index >= 15 is 0 Å². The second-order valence-corrected chi connectivity index (χ2v) is 9.44. The van der Waals surface area contributed by atoms with Crippen molar-refractivity contribution in [1.82, 2.24) is 0 Å². The van der Waals surface area contributed by atoms with E-state index in [2.05, 4.69) is 13.9 Å². The first kappa shape index (κ1) is 21.1. The summed E-state index contributed by atoms with van der Waals surface area (Å²) in [6, 6.07) is 7.27. The molecule has 0 fully saturated rings. The molecular formula is C15H18AsNO7S. The summed E-state index contributed by atoms with van der Waals surface area (Å²) in [7, 11) is 1.39. The fourth-order valence-corrected chi connectivity index (χ4v) is 3.68. The molecule has 3 N–H and O–H groups in total. The van der Waals surface area contributed by atoms with Crippen molar-refractivity contribution in [3.05, 3.63) is 46.2 Å². The molecule has 2 rings (SSSR count). The van der Waals surface area contributed by atoms with Gasteiger partial charge in [0.25, 0.3) is 0 Å². The molecule has 0 bridgehead atoms. The second kappa shape index (κ2) is 9.55. The molecule has 1 heterocycles. The molecule has 0 saturated heterocycles. The van der Waals surface area contributed by atoms with Crippen molar-refractivity contribution >= 4 is 47.4 Å². The summed E-state index contributed by atoms with van der Waals surface area (Å²) >= 11 is -3.22. The smallest absolute Gasteiger partial charge is 0.338 e. The second-order valence-electron chi connectivity index (χ2n) is 4.71. The Morgan fingerprint density at radius 2 is 1.80 bits per heavy atom. The zero-order valence-electron chi connectivity index (χ0n) is 13.8. The van der Waals surface area contributed by atoms with Gasteiger partial charge >= 0.3 is 94.4 Å². The van der Waals surface area contributed by atoms with Gasteiger partial charge in [-0.1, -0.05) is 0 Å². The molecule has 0 aliphatic carbocycles. The molecule has 0 radical (unpaired) electrons. The molecule has 2 aromatic rings. The minimum atomic E-state index is -4.76. The van der Waals surface area contributed by atoms with Crippen LogP contribution in [0.1, 0.15) is 22.2 Å². The molecule has 1 aromatic carbocycles. The number of benzene rings is 1. The van der Waals surface area contributed by atoms with Gasteiger partial charge < -0.3 is 4.74 Å². The number of nitrogens with one attached hydrogen (secondary N) is 1. The zero-order chi connectivity index (χ0) is 19.0. The number of aryl methyl sites for hydroxylation is 1. The SMILES string of the molecule is CC(=O)Nc1ccc([As](=O)(O)OO)cc1.COC(=O)c1ccsc1C. The number of carbonyl (C=O) groups is 2. The summed E-state index contributed by atoms with van der Waals surface area (Å²) in [6.45, 7) is 3.25. The Hall–Kier alpha value is -1.90. The minimum absolute atomic E-state index is 0.00438. The summed E-state index contributed by atoms with van der Waals surface area (Å²) in [5.41, 5.74) is 1.17. The van der Waals surface area contributed by atoms with Crippen molar-refractivity contribution < 1.29 is 31.3 Å². The average Bonchev–Trinajstić information content (AvgIpc) is 3.01. The van der Waals surface area contributed by atoms with E-state index < -0.39 is 14.2 Å². The Morgan fingerprint density at radius 3 is 2.20 bits per heavy atom. The van der Waals surface area contributed by atoms with Crippen LogP contribution in [0.4, 0.5) is 5.69 Å². The third-order valence-electron chi connectivity index (χ3n) is 2.89. The normalized spacial score (nSPS) is 12.4. The summed E-state index contributed by atoms with van der Waals surface area (Å²) in [6.07, 6.45) is 0. The molecule has 0 aliphatic rings. The summed E-state index contributed by atoms with van der Waals surface area (Å²) in [5.74, 6) is -0.488. The number of carbonyl (C=O) groups excluding carboxylic acids is 2. The van der Waals surface area contributed by atoms with Crippen molar-refractivity contribution in [1.29, 1.82) is 0 Å². The van der Waals surface area contributed by atoms with Crippen molar-refractivity contribution in [3.8, 4) is 0 Å². The Labute approximate surface area is 151 Å². The van der Waals surface area contributed by atoms with Gasteiger partial charge in [0.2, 0.25) is 0 Å². The molecule has 1 aromatic heterocycles. The predicted octanol–water partition coefficient (Wildman–Crippen LogP) is 1.55. The number of esters is 1. The molecule has 1 unspecified atom stereocenters. The maximum atomic E-state index is 11.2. The maximum absolute atomic E-state index is 11.2. The van der Waals surface area contributed by atoms with Crippen LogP contribution in [0.25, 0.3) is 0 Å². The first-order chi connectivity index (χ1) is 11.7. The monoisotopic (exact) mass is 431 g/mol. The van der Waals surface area contributed by atoms with Gasteiger partial charge in [-0.3, -0.25) is 0 Å². The van der Waals surface area contributed by atoms with E-state index in [-0.39, 0.29) is 16.2 Å². The van der Waals surface area contributed by atoms with Crippen LogP contribution in [0, 0.1) is 6.92 Å². The number of hydrogen-bond donors (Lipinski definition) is 3. The third-order valence-corrected chi connectivity index (χ3v) is 6.19. The topological polar surface area (TPSA) is 122 Å². The van der Waals surface area contributed by atoms with Crippen LogP contribution in [-0.2, 0) is 17.1 Å². The van der Waals surface area contributed by atoms with Crippen LogP contribution >= 0.6 is 11.3 Å². The van der Waals surface area contributed by atoms with Crippen molar-refractivity contribution in [3.63, 3.8) is 0 Å². The average molecular weight is 431 g/mol. The summed E-state index contributed by atoms with van der Waals surface area (Å²) < 4.78 is 28.4. The number of rotatable bonds is 4. The first-order valence-corrected chi connectivity index (χ1v) is 11.1. The maximum Gasteiger partial charge on any atom is 0.338 e. The van der Waals surface area contributed by atoms with Gasteiger partial charge in [-0.15, -0.1) is 11.3 Å². The Balaban J connectivity index is 0.000000271. The number of amides is 1. The fraction of sp³-hybridized carbons (Fsp3) is 0.200. The van der Waals surface area contributed by atoms with E-state index in [1.165, 1.54) is 38.3 Å². The predicted molar refractivity (Wildman–Crippen MR) is 93.1 cm³/mol. The van der Waals surface area contributed by atoms with Gasteiger partial charge in [0, 0.05) is 4.88 Å². The zero-order valence-corrected chi connectivity index (χ0v) is 16.4. The quantitative estimate of drug-likeness (QED) is 0.291. The van der Waals surface area contributed by atoms with Crippen molar-refractivity contribution in [2.45, 2.75) is 13.8 Å². The number of methoxy groups -OCH3 is 1. The van der Waals surface area contributed by atoms with E-state index in [0.29, 0.717) is 11.3 Å². The Bertz CT molecular complexity index is 772. The molecule has 10 heteroatoms. The molecule has 136 valence electrons. The number of anilines is 1. The van der Waals surface area contributed by atoms with Crippen molar-refractivity contribution in [2.24, 2.45) is 0 Å². The molecule has 8 nitrogen and oxygen atoms in total. The van der Waals surface area contributed by atoms with Crippen LogP contribution in [0.3, 0.4) is 0 Å². The van der Waals surface area contributed by atoms with Crippen LogP contribution in [-0.4, -0.2) is 42.5 Å². The molecule has 0 spiro atoms. The van der Waals surface area contributed by atoms with Crippen LogP contribution in [0.2, 0.25) is 0 Å². The van der Waals surface area contributed by atoms with Crippen LogP contribution < -0.4 is 9.67 Å². The van der Waals surface area contributed by atoms with Gasteiger partial charge in [-0.2, -0.15) is 0 Å². The van der Waals surface area contributed by atoms with Crippen LogP contribution in [0.5, 0.6) is 0 Å². The molecule has 1 amide bonds. The molecular weight excluding hydrogens is 413 g/mol. The van der Waals surface area contributed by atoms with Crippen LogP contribution in [0.15, 0.2) is 35.7 Å². The summed E-state index contributed by atoms with van der Waals surface area (Å²) in [4.78, 5) is 22.6. The Kier molecular flexibility index (Phi) is 8.07. The van der Waals surface area contributed by atoms with E-state index in [0.717, 1.165) is 4.88 Å². The standard InChI is InChI=1S/C8H10AsNO5.C7H8O2S/c1-6(11)10-8-4-2-7(3-5-8)9(12,13)15-14;1-5-6(3-4-10-5)7(8)9-2/h2-5,14H,1H3,(H,10,11)(H,12,13);3-4H,1-2H3. The van der Waals surface area contributed by atoms with Gasteiger partial charge in [0.15, 0.2) is 0 Å². The largest absolute Gasteiger partial charge is 0.465 e. The van der Waals surface area contributed by atoms with Gasteiger partial charge in [0.05, 0.1) is 12.7 Å². The molecule has 0 aliphatic heterocycles. The van der Waals surface area contributed by atoms with Gasteiger partial charge in [0.1, 0.15) is 0 Å². The molecule has 25 heavy (non-hydrogen) atoms. The van der Waals surface area contributed by atoms with Crippen molar-refractivity contribution in [2.75, 3.05) is 12.4 Å². The van der Waals surface area contributed by atoms with E-state index in [1.807, 2.05) is 12.3 Å². The molecule has 0 saturated carbocycles. The van der Waals surface area contributed by atoms with E-state index in [1.54, 1.807) is 17.4 Å². The Morgan fingerprint density at radius 1 is 1.20 bits per heavy atom. The minimum Gasteiger partial charge on any atom is -0.465 e. The molecule has 1 atom stereocenters. The fourth-order valence-electron chi connectivity index (χ4n) is 1.69. The first-order valence-electron chi connectivity index (χ1n) is 6.88. The number of hydrogen-bond acceptors (Lipinski definition) is 7. The van der Waals surface area contributed by atoms with E-state index in [4.69, 9.17) is 9.35 Å². The number of thiophene rings is 1. The third kappa shape index (κ3) is 6.49. The van der Waals surface area contributed by atoms with Gasteiger partial charge in [-0.25, -0.2) is 4.79 Å². The number of ether oxygens (including phenoxy) is 1. The van der Waals surface area contributed by atoms with E-state index in [9.17, 15) is 13.3 Å².